The minimum Gasteiger partial charge on any atom is -0.340 e. The second-order valence-electron chi connectivity index (χ2n) is 3.10. The number of rotatable bonds is 3. The monoisotopic (exact) mass is 233 g/mol. The Bertz CT molecular complexity index is 370. The predicted octanol–water partition coefficient (Wildman–Crippen LogP) is 2.16. The minimum atomic E-state index is -0.924. The van der Waals surface area contributed by atoms with E-state index in [2.05, 4.69) is 0 Å². The lowest BCUT2D eigenvalue weighted by atomic mass is 10.2. The molecule has 0 fully saturated rings. The van der Waals surface area contributed by atoms with Gasteiger partial charge in [0.25, 0.3) is 0 Å². The van der Waals surface area contributed by atoms with Crippen molar-refractivity contribution in [3.8, 4) is 0 Å². The number of carbonyl (C=O) groups excluding carboxylic acids is 1. The molecule has 0 atom stereocenters. The summed E-state index contributed by atoms with van der Waals surface area (Å²) in [5.74, 6) is -2.35. The molecule has 5 heteroatoms. The van der Waals surface area contributed by atoms with Gasteiger partial charge in [-0.1, -0.05) is 12.1 Å². The number of amides is 1. The van der Waals surface area contributed by atoms with E-state index in [9.17, 15) is 13.6 Å². The van der Waals surface area contributed by atoms with Gasteiger partial charge in [0.1, 0.15) is 5.88 Å². The Kier molecular flexibility index (Phi) is 4.03. The Morgan fingerprint density at radius 3 is 2.73 bits per heavy atom. The maximum atomic E-state index is 13.2. The highest BCUT2D eigenvalue weighted by atomic mass is 35.5. The van der Waals surface area contributed by atoms with Crippen molar-refractivity contribution in [1.82, 2.24) is 4.90 Å². The molecule has 15 heavy (non-hydrogen) atoms. The highest BCUT2D eigenvalue weighted by Crippen LogP contribution is 2.13. The fraction of sp³-hybridized carbons (Fsp3) is 0.300. The third kappa shape index (κ3) is 2.89. The molecule has 0 aliphatic rings. The van der Waals surface area contributed by atoms with Crippen LogP contribution in [-0.2, 0) is 11.3 Å². The largest absolute Gasteiger partial charge is 0.340 e. The van der Waals surface area contributed by atoms with Crippen molar-refractivity contribution in [2.24, 2.45) is 0 Å². The van der Waals surface area contributed by atoms with Crippen molar-refractivity contribution in [1.29, 1.82) is 0 Å². The second-order valence-corrected chi connectivity index (χ2v) is 3.36. The maximum Gasteiger partial charge on any atom is 0.237 e. The molecule has 2 nitrogen and oxygen atoms in total. The van der Waals surface area contributed by atoms with E-state index in [4.69, 9.17) is 11.6 Å². The van der Waals surface area contributed by atoms with Crippen LogP contribution >= 0.6 is 11.6 Å². The van der Waals surface area contributed by atoms with Crippen molar-refractivity contribution >= 4 is 17.5 Å². The van der Waals surface area contributed by atoms with Crippen LogP contribution in [0, 0.1) is 11.6 Å². The molecule has 0 radical (unpaired) electrons. The first-order valence-corrected chi connectivity index (χ1v) is 4.82. The molecule has 0 aromatic heterocycles. The van der Waals surface area contributed by atoms with E-state index < -0.39 is 11.6 Å². The third-order valence-electron chi connectivity index (χ3n) is 1.98. The maximum absolute atomic E-state index is 13.2. The van der Waals surface area contributed by atoms with Gasteiger partial charge in [-0.05, 0) is 6.07 Å². The molecular weight excluding hydrogens is 224 g/mol. The lowest BCUT2D eigenvalue weighted by Gasteiger charge is -2.16. The normalized spacial score (nSPS) is 10.1. The van der Waals surface area contributed by atoms with Crippen LogP contribution in [0.15, 0.2) is 18.2 Å². The first-order chi connectivity index (χ1) is 7.06. The number of alkyl halides is 1. The summed E-state index contributed by atoms with van der Waals surface area (Å²) in [5.41, 5.74) is 0.135. The van der Waals surface area contributed by atoms with Gasteiger partial charge in [-0.2, -0.15) is 0 Å². The van der Waals surface area contributed by atoms with Crippen LogP contribution in [-0.4, -0.2) is 23.7 Å². The zero-order valence-electron chi connectivity index (χ0n) is 8.14. The van der Waals surface area contributed by atoms with Gasteiger partial charge in [-0.15, -0.1) is 11.6 Å². The summed E-state index contributed by atoms with van der Waals surface area (Å²) in [6.45, 7) is 0.00907. The van der Waals surface area contributed by atoms with E-state index >= 15 is 0 Å². The number of halogens is 3. The van der Waals surface area contributed by atoms with Crippen LogP contribution in [0.4, 0.5) is 8.78 Å². The minimum absolute atomic E-state index is 0.00907. The summed E-state index contributed by atoms with van der Waals surface area (Å²) in [6.07, 6.45) is 0. The fourth-order valence-corrected chi connectivity index (χ4v) is 1.32. The Hall–Kier alpha value is -1.16. The Labute approximate surface area is 91.4 Å². The summed E-state index contributed by atoms with van der Waals surface area (Å²) < 4.78 is 26.0. The average Bonchev–Trinajstić information content (AvgIpc) is 2.23. The number of carbonyl (C=O) groups is 1. The first-order valence-electron chi connectivity index (χ1n) is 4.29. The van der Waals surface area contributed by atoms with Crippen molar-refractivity contribution in [2.75, 3.05) is 12.9 Å². The van der Waals surface area contributed by atoms with Crippen molar-refractivity contribution < 1.29 is 13.6 Å². The van der Waals surface area contributed by atoms with E-state index in [0.717, 1.165) is 6.07 Å². The predicted molar refractivity (Wildman–Crippen MR) is 53.6 cm³/mol. The van der Waals surface area contributed by atoms with Gasteiger partial charge in [0, 0.05) is 19.2 Å². The highest BCUT2D eigenvalue weighted by Gasteiger charge is 2.12. The lowest BCUT2D eigenvalue weighted by Crippen LogP contribution is -2.27. The van der Waals surface area contributed by atoms with Gasteiger partial charge >= 0.3 is 0 Å². The van der Waals surface area contributed by atoms with Gasteiger partial charge in [-0.3, -0.25) is 4.79 Å². The molecular formula is C10H10ClF2NO. The number of hydrogen-bond donors (Lipinski definition) is 0. The molecule has 0 bridgehead atoms. The van der Waals surface area contributed by atoms with Gasteiger partial charge < -0.3 is 4.90 Å². The SMILES string of the molecule is CN(Cc1cccc(F)c1F)C(=O)CCl. The zero-order valence-corrected chi connectivity index (χ0v) is 8.89. The third-order valence-corrected chi connectivity index (χ3v) is 2.21. The molecule has 0 N–H and O–H groups in total. The molecule has 0 saturated carbocycles. The van der Waals surface area contributed by atoms with Crippen LogP contribution in [0.1, 0.15) is 5.56 Å². The smallest absolute Gasteiger partial charge is 0.237 e. The highest BCUT2D eigenvalue weighted by molar-refractivity contribution is 6.27. The van der Waals surface area contributed by atoms with Crippen molar-refractivity contribution in [3.63, 3.8) is 0 Å². The zero-order chi connectivity index (χ0) is 11.4. The summed E-state index contributed by atoms with van der Waals surface area (Å²) in [5, 5.41) is 0. The van der Waals surface area contributed by atoms with Gasteiger partial charge in [0.2, 0.25) is 5.91 Å². The summed E-state index contributed by atoms with van der Waals surface area (Å²) in [6, 6.07) is 3.85. The first kappa shape index (κ1) is 11.9. The second kappa shape index (κ2) is 5.07. The molecule has 1 aromatic rings. The van der Waals surface area contributed by atoms with Gasteiger partial charge in [-0.25, -0.2) is 8.78 Å². The molecule has 1 rings (SSSR count). The van der Waals surface area contributed by atoms with E-state index in [1.165, 1.54) is 24.1 Å². The molecule has 0 aliphatic heterocycles. The lowest BCUT2D eigenvalue weighted by molar-refractivity contribution is -0.127. The van der Waals surface area contributed by atoms with Crippen LogP contribution in [0.25, 0.3) is 0 Å². The molecule has 82 valence electrons. The van der Waals surface area contributed by atoms with Crippen LogP contribution in [0.5, 0.6) is 0 Å². The quantitative estimate of drug-likeness (QED) is 0.733. The number of nitrogens with zero attached hydrogens (tertiary/aromatic N) is 1. The summed E-state index contributed by atoms with van der Waals surface area (Å²) in [4.78, 5) is 12.3. The van der Waals surface area contributed by atoms with Gasteiger partial charge in [0.05, 0.1) is 0 Å². The van der Waals surface area contributed by atoms with Crippen molar-refractivity contribution in [3.05, 3.63) is 35.4 Å². The fourth-order valence-electron chi connectivity index (χ4n) is 1.12. The van der Waals surface area contributed by atoms with E-state index in [0.29, 0.717) is 0 Å². The van der Waals surface area contributed by atoms with Crippen LogP contribution in [0.2, 0.25) is 0 Å². The average molecular weight is 234 g/mol. The summed E-state index contributed by atoms with van der Waals surface area (Å²) in [7, 11) is 1.48. The summed E-state index contributed by atoms with van der Waals surface area (Å²) >= 11 is 5.33. The van der Waals surface area contributed by atoms with E-state index in [1.54, 1.807) is 0 Å². The number of benzene rings is 1. The van der Waals surface area contributed by atoms with Crippen LogP contribution < -0.4 is 0 Å². The standard InChI is InChI=1S/C10H10ClF2NO/c1-14(9(15)5-11)6-7-3-2-4-8(12)10(7)13/h2-4H,5-6H2,1H3. The van der Waals surface area contributed by atoms with Crippen molar-refractivity contribution in [2.45, 2.75) is 6.54 Å². The van der Waals surface area contributed by atoms with Gasteiger partial charge in [0.15, 0.2) is 11.6 Å². The van der Waals surface area contributed by atoms with Crippen LogP contribution in [0.3, 0.4) is 0 Å². The molecule has 1 amide bonds. The number of hydrogen-bond acceptors (Lipinski definition) is 1. The molecule has 0 unspecified atom stereocenters. The van der Waals surface area contributed by atoms with E-state index in [-0.39, 0.29) is 23.9 Å². The Balaban J connectivity index is 2.81. The van der Waals surface area contributed by atoms with E-state index in [1.807, 2.05) is 0 Å². The molecule has 0 heterocycles. The molecule has 0 aliphatic carbocycles. The molecule has 0 spiro atoms. The topological polar surface area (TPSA) is 20.3 Å². The Morgan fingerprint density at radius 1 is 1.47 bits per heavy atom. The molecule has 1 aromatic carbocycles. The molecule has 0 saturated heterocycles. The Morgan fingerprint density at radius 2 is 2.13 bits per heavy atom.